The van der Waals surface area contributed by atoms with Gasteiger partial charge in [-0.25, -0.2) is 4.79 Å². The van der Waals surface area contributed by atoms with Crippen molar-refractivity contribution >= 4 is 39.9 Å². The van der Waals surface area contributed by atoms with E-state index >= 15 is 0 Å². The molecule has 0 saturated heterocycles. The Kier molecular flexibility index (Phi) is 3.52. The van der Waals surface area contributed by atoms with E-state index in [1.54, 1.807) is 11.3 Å². The summed E-state index contributed by atoms with van der Waals surface area (Å²) in [5, 5.41) is 1.81. The fourth-order valence-electron chi connectivity index (χ4n) is 0.699. The van der Waals surface area contributed by atoms with Gasteiger partial charge in [0, 0.05) is 5.38 Å². The Morgan fingerprint density at radius 1 is 1.67 bits per heavy atom. The van der Waals surface area contributed by atoms with Crippen molar-refractivity contribution in [1.29, 1.82) is 0 Å². The van der Waals surface area contributed by atoms with E-state index in [0.717, 1.165) is 2.88 Å². The normalized spacial score (nSPS) is 10.3. The molecule has 0 atom stereocenters. The van der Waals surface area contributed by atoms with Crippen LogP contribution in [-0.2, 0) is 4.74 Å². The van der Waals surface area contributed by atoms with Crippen molar-refractivity contribution in [2.45, 2.75) is 20.0 Å². The van der Waals surface area contributed by atoms with Crippen molar-refractivity contribution in [3.05, 3.63) is 19.9 Å². The van der Waals surface area contributed by atoms with Crippen LogP contribution in [0.1, 0.15) is 24.2 Å². The Morgan fingerprint density at radius 3 is 2.75 bits per heavy atom. The van der Waals surface area contributed by atoms with E-state index in [4.69, 9.17) is 4.74 Å². The smallest absolute Gasteiger partial charge is 0.339 e. The second kappa shape index (κ2) is 4.23. The Balaban J connectivity index is 2.65. The summed E-state index contributed by atoms with van der Waals surface area (Å²) in [6, 6.07) is 1.83. The van der Waals surface area contributed by atoms with E-state index in [1.165, 1.54) is 0 Å². The van der Waals surface area contributed by atoms with Crippen LogP contribution in [-0.4, -0.2) is 12.1 Å². The molecule has 0 aromatic carbocycles. The lowest BCUT2D eigenvalue weighted by Crippen LogP contribution is -2.10. The largest absolute Gasteiger partial charge is 0.459 e. The molecule has 0 aliphatic rings. The van der Waals surface area contributed by atoms with Crippen molar-refractivity contribution in [1.82, 2.24) is 0 Å². The van der Waals surface area contributed by atoms with Gasteiger partial charge in [0.15, 0.2) is 0 Å². The van der Waals surface area contributed by atoms with Gasteiger partial charge < -0.3 is 4.74 Å². The van der Waals surface area contributed by atoms with Crippen LogP contribution in [0.25, 0.3) is 0 Å². The Morgan fingerprint density at radius 2 is 2.33 bits per heavy atom. The quantitative estimate of drug-likeness (QED) is 0.619. The number of ether oxygens (including phenoxy) is 1. The predicted octanol–water partition coefficient (Wildman–Crippen LogP) is 2.92. The number of carbonyl (C=O) groups excluding carboxylic acids is 1. The first-order valence-corrected chi connectivity index (χ1v) is 5.50. The van der Waals surface area contributed by atoms with E-state index in [2.05, 4.69) is 22.6 Å². The fraction of sp³-hybridized carbons (Fsp3) is 0.375. The lowest BCUT2D eigenvalue weighted by molar-refractivity contribution is 0.0378. The standard InChI is InChI=1S/C8H9IO2S/c1-5(2)11-8(10)6-3-7(9)12-4-6/h3-5H,1-2H3. The highest BCUT2D eigenvalue weighted by molar-refractivity contribution is 14.1. The van der Waals surface area contributed by atoms with Gasteiger partial charge in [0.1, 0.15) is 0 Å². The maximum Gasteiger partial charge on any atom is 0.339 e. The minimum Gasteiger partial charge on any atom is -0.459 e. The number of rotatable bonds is 2. The number of halogens is 1. The van der Waals surface area contributed by atoms with E-state index < -0.39 is 0 Å². The molecule has 1 aromatic rings. The van der Waals surface area contributed by atoms with Crippen LogP contribution in [0.2, 0.25) is 0 Å². The molecule has 66 valence electrons. The molecule has 0 amide bonds. The third-order valence-electron chi connectivity index (χ3n) is 1.15. The summed E-state index contributed by atoms with van der Waals surface area (Å²) >= 11 is 3.72. The third kappa shape index (κ3) is 2.75. The van der Waals surface area contributed by atoms with Crippen LogP contribution in [0, 0.1) is 2.88 Å². The maximum absolute atomic E-state index is 11.2. The molecule has 2 nitrogen and oxygen atoms in total. The van der Waals surface area contributed by atoms with Crippen LogP contribution >= 0.6 is 33.9 Å². The monoisotopic (exact) mass is 296 g/mol. The van der Waals surface area contributed by atoms with Gasteiger partial charge in [-0.1, -0.05) is 0 Å². The van der Waals surface area contributed by atoms with E-state index in [-0.39, 0.29) is 12.1 Å². The highest BCUT2D eigenvalue weighted by atomic mass is 127. The molecule has 0 fully saturated rings. The average Bonchev–Trinajstić information content (AvgIpc) is 2.34. The SMILES string of the molecule is CC(C)OC(=O)c1csc(I)c1. The van der Waals surface area contributed by atoms with Crippen LogP contribution in [0.15, 0.2) is 11.4 Å². The van der Waals surface area contributed by atoms with Gasteiger partial charge in [-0.2, -0.15) is 0 Å². The van der Waals surface area contributed by atoms with Gasteiger partial charge in [-0.15, -0.1) is 11.3 Å². The molecule has 1 aromatic heterocycles. The molecule has 0 aliphatic carbocycles. The number of esters is 1. The molecule has 0 N–H and O–H groups in total. The van der Waals surface area contributed by atoms with Gasteiger partial charge in [0.05, 0.1) is 14.6 Å². The summed E-state index contributed by atoms with van der Waals surface area (Å²) in [6.45, 7) is 3.68. The summed E-state index contributed by atoms with van der Waals surface area (Å²) in [7, 11) is 0. The van der Waals surface area contributed by atoms with Crippen LogP contribution in [0.3, 0.4) is 0 Å². The summed E-state index contributed by atoms with van der Waals surface area (Å²) < 4.78 is 6.11. The Hall–Kier alpha value is -0.100. The second-order valence-electron chi connectivity index (χ2n) is 2.59. The highest BCUT2D eigenvalue weighted by Crippen LogP contribution is 2.17. The van der Waals surface area contributed by atoms with Crippen LogP contribution in [0.4, 0.5) is 0 Å². The number of hydrogen-bond acceptors (Lipinski definition) is 3. The van der Waals surface area contributed by atoms with Crippen molar-refractivity contribution in [2.75, 3.05) is 0 Å². The lowest BCUT2D eigenvalue weighted by Gasteiger charge is -2.05. The summed E-state index contributed by atoms with van der Waals surface area (Å²) in [6.07, 6.45) is -0.0462. The number of carbonyl (C=O) groups is 1. The van der Waals surface area contributed by atoms with Crippen LogP contribution < -0.4 is 0 Å². The van der Waals surface area contributed by atoms with Crippen molar-refractivity contribution in [3.63, 3.8) is 0 Å². The summed E-state index contributed by atoms with van der Waals surface area (Å²) in [5.74, 6) is -0.232. The first-order chi connectivity index (χ1) is 5.59. The fourth-order valence-corrected chi connectivity index (χ4v) is 2.01. The number of hydrogen-bond donors (Lipinski definition) is 0. The topological polar surface area (TPSA) is 26.3 Å². The molecule has 0 saturated carbocycles. The van der Waals surface area contributed by atoms with Gasteiger partial charge in [0.25, 0.3) is 0 Å². The van der Waals surface area contributed by atoms with Gasteiger partial charge >= 0.3 is 5.97 Å². The molecule has 1 rings (SSSR count). The molecule has 0 spiro atoms. The molecule has 12 heavy (non-hydrogen) atoms. The van der Waals surface area contributed by atoms with Gasteiger partial charge in [-0.05, 0) is 42.5 Å². The Labute approximate surface area is 89.1 Å². The molecule has 4 heteroatoms. The van der Waals surface area contributed by atoms with E-state index in [1.807, 2.05) is 25.3 Å². The summed E-state index contributed by atoms with van der Waals surface area (Å²) in [5.41, 5.74) is 0.651. The maximum atomic E-state index is 11.2. The van der Waals surface area contributed by atoms with E-state index in [9.17, 15) is 4.79 Å². The molecule has 1 heterocycles. The minimum atomic E-state index is -0.232. The molecule has 0 aliphatic heterocycles. The highest BCUT2D eigenvalue weighted by Gasteiger charge is 2.10. The predicted molar refractivity (Wildman–Crippen MR) is 57.6 cm³/mol. The second-order valence-corrected chi connectivity index (χ2v) is 5.40. The third-order valence-corrected chi connectivity index (χ3v) is 2.93. The minimum absolute atomic E-state index is 0.0462. The zero-order valence-corrected chi connectivity index (χ0v) is 9.81. The van der Waals surface area contributed by atoms with Gasteiger partial charge in [0.2, 0.25) is 0 Å². The molecular weight excluding hydrogens is 287 g/mol. The molecular formula is C8H9IO2S. The van der Waals surface area contributed by atoms with Crippen molar-refractivity contribution in [3.8, 4) is 0 Å². The zero-order valence-electron chi connectivity index (χ0n) is 6.83. The lowest BCUT2D eigenvalue weighted by atomic mass is 10.3. The number of thiophene rings is 1. The van der Waals surface area contributed by atoms with Crippen LogP contribution in [0.5, 0.6) is 0 Å². The molecule has 0 unspecified atom stereocenters. The summed E-state index contributed by atoms with van der Waals surface area (Å²) in [4.78, 5) is 11.2. The molecule has 0 radical (unpaired) electrons. The first kappa shape index (κ1) is 9.98. The average molecular weight is 296 g/mol. The van der Waals surface area contributed by atoms with Crippen molar-refractivity contribution in [2.24, 2.45) is 0 Å². The van der Waals surface area contributed by atoms with Crippen molar-refractivity contribution < 1.29 is 9.53 Å². The Bertz CT molecular complexity index is 280. The zero-order chi connectivity index (χ0) is 9.14. The first-order valence-electron chi connectivity index (χ1n) is 3.54. The van der Waals surface area contributed by atoms with E-state index in [0.29, 0.717) is 5.56 Å². The molecule has 0 bridgehead atoms. The van der Waals surface area contributed by atoms with Gasteiger partial charge in [-0.3, -0.25) is 0 Å².